The fourth-order valence-electron chi connectivity index (χ4n) is 4.59. The summed E-state index contributed by atoms with van der Waals surface area (Å²) in [6.45, 7) is 13.3. The maximum Gasteiger partial charge on any atom is 0.285 e. The highest BCUT2D eigenvalue weighted by molar-refractivity contribution is 7.10. The van der Waals surface area contributed by atoms with Crippen LogP contribution in [0.2, 0.25) is 0 Å². The van der Waals surface area contributed by atoms with Crippen molar-refractivity contribution in [2.24, 2.45) is 0 Å². The summed E-state index contributed by atoms with van der Waals surface area (Å²) in [6, 6.07) is 22.3. The molecule has 4 aromatic rings. The number of aromatic nitrogens is 2. The summed E-state index contributed by atoms with van der Waals surface area (Å²) >= 11 is 25.0. The molecule has 0 amide bonds. The predicted molar refractivity (Wildman–Crippen MR) is 240 cm³/mol. The summed E-state index contributed by atoms with van der Waals surface area (Å²) in [4.78, 5) is 19.6. The van der Waals surface area contributed by atoms with Crippen LogP contribution >= 0.6 is 81.5 Å². The SMILES string of the molecule is C.CN(CCCl)CCCl.CN(CCCl)CCCl.Cl.N.N#CCc1nc(-c2ccccc2)cs1.O.[C-]#[N+]C1(c2nc(-c3ccccc3)cs2)CCN(C)CC1. The predicted octanol–water partition coefficient (Wildman–Crippen LogP) is 9.71. The van der Waals surface area contributed by atoms with Crippen LogP contribution in [0.15, 0.2) is 71.4 Å². The van der Waals surface area contributed by atoms with Crippen molar-refractivity contribution in [3.63, 3.8) is 0 Å². The van der Waals surface area contributed by atoms with Gasteiger partial charge in [0.1, 0.15) is 5.01 Å². The first-order chi connectivity index (χ1) is 24.2. The second-order valence-corrected chi connectivity index (χ2v) is 14.9. The molecule has 9 nitrogen and oxygen atoms in total. The fourth-order valence-corrected chi connectivity index (χ4v) is 7.51. The van der Waals surface area contributed by atoms with E-state index in [1.54, 1.807) is 11.3 Å². The second kappa shape index (κ2) is 33.1. The molecule has 0 saturated carbocycles. The normalized spacial score (nSPS) is 12.5. The van der Waals surface area contributed by atoms with E-state index >= 15 is 0 Å². The Hall–Kier alpha value is -2.07. The lowest BCUT2D eigenvalue weighted by atomic mass is 9.89. The van der Waals surface area contributed by atoms with Crippen LogP contribution in [0.1, 0.15) is 30.3 Å². The third kappa shape index (κ3) is 20.7. The zero-order valence-corrected chi connectivity index (χ0v) is 36.2. The van der Waals surface area contributed by atoms with Crippen molar-refractivity contribution in [2.75, 3.05) is 83.9 Å². The Balaban J connectivity index is -0.000000676. The molecule has 0 radical (unpaired) electrons. The number of rotatable bonds is 12. The lowest BCUT2D eigenvalue weighted by molar-refractivity contribution is 0.216. The fraction of sp³-hybridized carbons (Fsp3) is 0.474. The number of piperidine rings is 1. The highest BCUT2D eigenvalue weighted by atomic mass is 35.5. The number of thiazole rings is 2. The molecule has 5 rings (SSSR count). The van der Waals surface area contributed by atoms with E-state index in [1.165, 1.54) is 11.3 Å². The van der Waals surface area contributed by atoms with Gasteiger partial charge in [-0.1, -0.05) is 68.1 Å². The monoisotopic (exact) mass is 880 g/mol. The summed E-state index contributed by atoms with van der Waals surface area (Å²) in [5.74, 6) is 2.75. The topological polar surface area (TPSA) is 130 Å². The second-order valence-electron chi connectivity index (χ2n) is 11.5. The first-order valence-electron chi connectivity index (χ1n) is 16.3. The molecule has 1 aliphatic rings. The molecule has 0 aliphatic carbocycles. The molecule has 16 heteroatoms. The van der Waals surface area contributed by atoms with Gasteiger partial charge < -0.3 is 31.2 Å². The van der Waals surface area contributed by atoms with Gasteiger partial charge in [0.25, 0.3) is 5.54 Å². The minimum absolute atomic E-state index is 0. The van der Waals surface area contributed by atoms with E-state index in [0.717, 1.165) is 84.6 Å². The van der Waals surface area contributed by atoms with Crippen molar-refractivity contribution in [1.29, 1.82) is 5.26 Å². The maximum atomic E-state index is 8.52. The smallest absolute Gasteiger partial charge is 0.285 e. The van der Waals surface area contributed by atoms with Crippen LogP contribution in [-0.4, -0.2) is 114 Å². The van der Waals surface area contributed by atoms with Crippen LogP contribution in [0.4, 0.5) is 0 Å². The van der Waals surface area contributed by atoms with Crippen LogP contribution in [0.5, 0.6) is 0 Å². The molecular weight excluding hydrogens is 826 g/mol. The first kappa shape index (κ1) is 56.3. The summed E-state index contributed by atoms with van der Waals surface area (Å²) in [6.07, 6.45) is 2.17. The van der Waals surface area contributed by atoms with E-state index < -0.39 is 5.54 Å². The van der Waals surface area contributed by atoms with Gasteiger partial charge >= 0.3 is 0 Å². The minimum atomic E-state index is -0.399. The molecule has 2 aromatic carbocycles. The summed E-state index contributed by atoms with van der Waals surface area (Å²) in [5.41, 5.74) is 3.79. The number of halogens is 5. The molecular formula is C38H57Cl5N8OS2. The van der Waals surface area contributed by atoms with E-state index in [4.69, 9.17) is 63.2 Å². The largest absolute Gasteiger partial charge is 0.412 e. The van der Waals surface area contributed by atoms with Gasteiger partial charge in [-0.05, 0) is 21.1 Å². The number of alkyl halides is 4. The molecule has 1 saturated heterocycles. The third-order valence-electron chi connectivity index (χ3n) is 7.72. The van der Waals surface area contributed by atoms with Crippen molar-refractivity contribution in [3.8, 4) is 28.6 Å². The molecule has 0 unspecified atom stereocenters. The molecule has 302 valence electrons. The van der Waals surface area contributed by atoms with E-state index in [-0.39, 0.29) is 31.5 Å². The third-order valence-corrected chi connectivity index (χ3v) is 10.3. The van der Waals surface area contributed by atoms with Crippen molar-refractivity contribution in [3.05, 3.63) is 92.9 Å². The molecule has 0 atom stereocenters. The van der Waals surface area contributed by atoms with Crippen LogP contribution in [0, 0.1) is 17.9 Å². The van der Waals surface area contributed by atoms with Crippen LogP contribution in [0.3, 0.4) is 0 Å². The quantitative estimate of drug-likeness (QED) is 0.111. The number of hydrogen-bond acceptors (Lipinski definition) is 9. The summed E-state index contributed by atoms with van der Waals surface area (Å²) < 4.78 is 0. The average molecular weight is 883 g/mol. The molecule has 2 aromatic heterocycles. The van der Waals surface area contributed by atoms with Gasteiger partial charge in [-0.3, -0.25) is 0 Å². The lowest BCUT2D eigenvalue weighted by Gasteiger charge is -2.30. The van der Waals surface area contributed by atoms with E-state index in [9.17, 15) is 0 Å². The van der Waals surface area contributed by atoms with Crippen molar-refractivity contribution >= 4 is 81.5 Å². The maximum absolute atomic E-state index is 8.52. The van der Waals surface area contributed by atoms with Gasteiger partial charge in [-0.15, -0.1) is 81.5 Å². The molecule has 0 spiro atoms. The molecule has 54 heavy (non-hydrogen) atoms. The van der Waals surface area contributed by atoms with E-state index in [2.05, 4.69) is 55.2 Å². The highest BCUT2D eigenvalue weighted by Gasteiger charge is 2.44. The van der Waals surface area contributed by atoms with Gasteiger partial charge in [0.2, 0.25) is 0 Å². The standard InChI is InChI=1S/C16H17N3S.C11H8N2S.2C5H11Cl2N.CH4.ClH.H3N.H2O/c1-17-16(8-10-19(2)11-9-16)15-18-14(12-20-15)13-6-4-3-5-7-13;12-7-6-11-13-10(8-14-11)9-4-2-1-3-5-9;2*1-8(4-2-6)5-3-7;;;;/h3-7,12H,8-11H2,2H3;1-5,8H,6H2;2*2-5H2,1H3;1H4;1H;1H3;1H2. The molecule has 3 heterocycles. The molecule has 5 N–H and O–H groups in total. The van der Waals surface area contributed by atoms with Gasteiger partial charge in [-0.25, -0.2) is 16.5 Å². The van der Waals surface area contributed by atoms with Gasteiger partial charge in [0.05, 0.1) is 23.9 Å². The Morgan fingerprint density at radius 2 is 1.20 bits per heavy atom. The van der Waals surface area contributed by atoms with Crippen molar-refractivity contribution in [2.45, 2.75) is 32.2 Å². The van der Waals surface area contributed by atoms with Crippen molar-refractivity contribution in [1.82, 2.24) is 30.8 Å². The van der Waals surface area contributed by atoms with Gasteiger partial charge in [0.15, 0.2) is 5.01 Å². The number of nitrogens with zero attached hydrogens (tertiary/aromatic N) is 7. The zero-order valence-electron chi connectivity index (χ0n) is 30.7. The Morgan fingerprint density at radius 1 is 0.796 bits per heavy atom. The molecule has 1 fully saturated rings. The lowest BCUT2D eigenvalue weighted by Crippen LogP contribution is -2.38. The molecule has 1 aliphatic heterocycles. The number of benzene rings is 2. The van der Waals surface area contributed by atoms with E-state index in [0.29, 0.717) is 29.9 Å². The zero-order chi connectivity index (χ0) is 36.6. The van der Waals surface area contributed by atoms with Crippen LogP contribution < -0.4 is 6.15 Å². The van der Waals surface area contributed by atoms with Crippen LogP contribution in [-0.2, 0) is 12.0 Å². The van der Waals surface area contributed by atoms with Crippen LogP contribution in [0.25, 0.3) is 27.4 Å². The first-order valence-corrected chi connectivity index (χ1v) is 20.2. The Bertz CT molecular complexity index is 1520. The van der Waals surface area contributed by atoms with Gasteiger partial charge in [-0.2, -0.15) is 5.26 Å². The summed E-state index contributed by atoms with van der Waals surface area (Å²) in [5, 5.41) is 14.5. The highest BCUT2D eigenvalue weighted by Crippen LogP contribution is 2.39. The number of likely N-dealkylation sites (tertiary alicyclic amines) is 1. The Morgan fingerprint density at radius 3 is 1.59 bits per heavy atom. The van der Waals surface area contributed by atoms with E-state index in [1.807, 2.05) is 68.0 Å². The van der Waals surface area contributed by atoms with Gasteiger partial charge in [0, 0.05) is 97.5 Å². The number of hydrogen-bond donors (Lipinski definition) is 1. The average Bonchev–Trinajstić information content (AvgIpc) is 3.83. The van der Waals surface area contributed by atoms with Crippen molar-refractivity contribution < 1.29 is 5.48 Å². The summed E-state index contributed by atoms with van der Waals surface area (Å²) in [7, 11) is 6.13. The Kier molecular flexibility index (Phi) is 34.5. The number of nitriles is 1. The Labute approximate surface area is 358 Å². The molecule has 0 bridgehead atoms. The minimum Gasteiger partial charge on any atom is -0.412 e.